The molecule has 0 spiro atoms. The van der Waals surface area contributed by atoms with Crippen molar-refractivity contribution in [1.29, 1.82) is 0 Å². The van der Waals surface area contributed by atoms with Gasteiger partial charge in [-0.25, -0.2) is 24.7 Å². The number of carbonyl (C=O) groups is 5. The molecule has 5 aliphatic rings. The van der Waals surface area contributed by atoms with Gasteiger partial charge < -0.3 is 73.9 Å². The van der Waals surface area contributed by atoms with Crippen molar-refractivity contribution < 1.29 is 28.7 Å². The number of pyridine rings is 8. The maximum Gasteiger partial charge on any atom is 0.407 e. The Morgan fingerprint density at radius 2 is 0.844 bits per heavy atom. The molecule has 13 N–H and O–H groups in total. The molecular weight excluding hydrogens is 1760 g/mol. The van der Waals surface area contributed by atoms with E-state index in [9.17, 15) is 24.0 Å². The molecular formula is C114H173N21O6. The van der Waals surface area contributed by atoms with Gasteiger partial charge in [0, 0.05) is 190 Å². The van der Waals surface area contributed by atoms with Crippen LogP contribution in [0.5, 0.6) is 0 Å². The minimum Gasteiger partial charge on any atom is -0.445 e. The van der Waals surface area contributed by atoms with Crippen LogP contribution in [-0.2, 0) is 38.8 Å². The first-order valence-electron chi connectivity index (χ1n) is 51.9. The van der Waals surface area contributed by atoms with Gasteiger partial charge in [0.25, 0.3) is 0 Å². The highest BCUT2D eigenvalue weighted by atomic mass is 16.5. The fourth-order valence-electron chi connectivity index (χ4n) is 16.0. The van der Waals surface area contributed by atoms with Gasteiger partial charge in [-0.05, 0) is 227 Å². The predicted octanol–water partition coefficient (Wildman–Crippen LogP) is 19.5. The van der Waals surface area contributed by atoms with Crippen LogP contribution in [0.1, 0.15) is 341 Å². The first-order valence-corrected chi connectivity index (χ1v) is 51.9. The van der Waals surface area contributed by atoms with E-state index < -0.39 is 6.04 Å². The molecule has 5 aliphatic heterocycles. The van der Waals surface area contributed by atoms with E-state index in [1.54, 1.807) is 18.5 Å². The zero-order chi connectivity index (χ0) is 103. The molecule has 141 heavy (non-hydrogen) atoms. The number of benzene rings is 1. The summed E-state index contributed by atoms with van der Waals surface area (Å²) in [6.45, 7) is 58.3. The quantitative estimate of drug-likeness (QED) is 0.0206. The lowest BCUT2D eigenvalue weighted by Crippen LogP contribution is -2.48. The van der Waals surface area contributed by atoms with Gasteiger partial charge in [0.15, 0.2) is 5.78 Å². The number of anilines is 4. The topological polar surface area (TPSA) is 375 Å². The molecule has 5 saturated heterocycles. The van der Waals surface area contributed by atoms with E-state index >= 15 is 0 Å². The molecule has 5 atom stereocenters. The number of nitrogens with zero attached hydrogens (tertiary/aromatic N) is 12. The molecule has 13 heterocycles. The number of ether oxygens (including phenoxy) is 1. The number of piperidine rings is 4. The fraction of sp³-hybridized carbons (Fsp3) is 0.553. The molecule has 0 radical (unpaired) electrons. The Morgan fingerprint density at radius 3 is 1.25 bits per heavy atom. The van der Waals surface area contributed by atoms with Crippen LogP contribution in [-0.4, -0.2) is 172 Å². The summed E-state index contributed by atoms with van der Waals surface area (Å²) in [5.74, 6) is 9.69. The Hall–Kier alpha value is -11.2. The van der Waals surface area contributed by atoms with Crippen LogP contribution in [0.15, 0.2) is 177 Å². The summed E-state index contributed by atoms with van der Waals surface area (Å²) in [6, 6.07) is 37.3. The molecule has 9 aromatic rings. The lowest BCUT2D eigenvalue weighted by Gasteiger charge is -2.33. The predicted molar refractivity (Wildman–Crippen MR) is 578 cm³/mol. The number of nitrogens with one attached hydrogen (secondary N) is 5. The molecule has 14 rings (SSSR count). The molecule has 27 heteroatoms. The lowest BCUT2D eigenvalue weighted by atomic mass is 9.96. The van der Waals surface area contributed by atoms with Crippen LogP contribution in [0.4, 0.5) is 28.1 Å². The Kier molecular flexibility index (Phi) is 51.0. The number of Topliss-reactive ketones (excluding diaryl/α,β-unsaturated/α-hetero) is 1. The number of amides is 4. The minimum atomic E-state index is -0.453. The molecule has 8 aromatic heterocycles. The summed E-state index contributed by atoms with van der Waals surface area (Å²) in [5.41, 5.74) is 38.0. The van der Waals surface area contributed by atoms with E-state index in [0.717, 1.165) is 150 Å². The highest BCUT2D eigenvalue weighted by molar-refractivity contribution is 5.92. The number of hydrogen-bond acceptors (Lipinski definition) is 23. The van der Waals surface area contributed by atoms with E-state index in [2.05, 4.69) is 277 Å². The van der Waals surface area contributed by atoms with Crippen molar-refractivity contribution in [1.82, 2.24) is 66.5 Å². The monoisotopic (exact) mass is 1930 g/mol. The summed E-state index contributed by atoms with van der Waals surface area (Å²) >= 11 is 0. The number of nitrogens with two attached hydrogens (primary N) is 4. The van der Waals surface area contributed by atoms with Gasteiger partial charge in [0.1, 0.15) is 35.6 Å². The van der Waals surface area contributed by atoms with Crippen molar-refractivity contribution in [3.63, 3.8) is 0 Å². The number of carbonyl (C=O) groups excluding carboxylic acids is 5. The second kappa shape index (κ2) is 61.6. The van der Waals surface area contributed by atoms with E-state index in [0.29, 0.717) is 110 Å². The molecule has 27 nitrogen and oxygen atoms in total. The molecule has 5 fully saturated rings. The standard InChI is InChI=1S/C21H27N3O2.C16H26N4O.C15H24N2O.C14H23N3O.2C13H21N3.C12H18N2.C10H13NO/c1-16(2)18-10-11-20(22-13-18)24-12-6-9-19(14-24)23-21(25)26-15-17-7-4-3-5-8-17;1-12(2)14-3-4-15(19-11-14)20-9-5-13(6-10-20)16(21)18-8-7-17;1-10(2)12(5)15(18)17-8-13-6-14(11(3)4)9-16-7-13;1-9(2)12-5-11(6-16-8-12)7-17-14(18)13(15)10(3)4;1-10(2)11-3-4-13(15-9-11)16-7-5-12(14)6-8-16;1-10(2)11-5-6-13(15-8-11)16-7-3-4-12(14)9-16;1-9(2)11-5-12(8-14-7-11)10-3-4-13-6-10;1-7(2)9-4-5-10(8(3)12)11-6-9/h3-5,7-8,10-11,13,16,19H,6,9,12,14-15H2,1-2H3,(H,23,25);3-4,11-13H,5-10,17H2,1-2H3,(H,18,21);6-7,9-12H,8H2,1-5H3,(H,17,18);5-6,8-10,13H,7,15H2,1-4H3,(H,17,18);3-4,9-10,12H,5-8,14H2,1-2H3;5-6,8,10,12H,3-4,7,9,14H2,1-2H3;5,7-10,13H,3-4,6H2,1-2H3;4-7H,1-3H3/t;;12-;13-;;;;/m..00..../s1. The Balaban J connectivity index is 0.000000221. The highest BCUT2D eigenvalue weighted by Crippen LogP contribution is 2.30. The van der Waals surface area contributed by atoms with Gasteiger partial charge in [-0.15, -0.1) is 0 Å². The number of ketones is 1. The number of alkyl carbamates (subject to hydrolysis) is 1. The van der Waals surface area contributed by atoms with Gasteiger partial charge in [-0.1, -0.05) is 224 Å². The van der Waals surface area contributed by atoms with Gasteiger partial charge in [-0.3, -0.25) is 39.1 Å². The summed E-state index contributed by atoms with van der Waals surface area (Å²) in [4.78, 5) is 103. The van der Waals surface area contributed by atoms with Crippen LogP contribution in [0, 0.1) is 23.7 Å². The number of rotatable bonds is 28. The van der Waals surface area contributed by atoms with E-state index in [-0.39, 0.29) is 53.4 Å². The second-order valence-corrected chi connectivity index (χ2v) is 41.3. The van der Waals surface area contributed by atoms with Crippen molar-refractivity contribution in [3.05, 3.63) is 250 Å². The molecule has 1 aromatic carbocycles. The van der Waals surface area contributed by atoms with E-state index in [4.69, 9.17) is 27.7 Å². The largest absolute Gasteiger partial charge is 0.445 e. The third-order valence-corrected chi connectivity index (χ3v) is 26.4. The number of hydrogen-bond donors (Lipinski definition) is 9. The average molecular weight is 1930 g/mol. The van der Waals surface area contributed by atoms with Crippen LogP contribution in [0.2, 0.25) is 0 Å². The van der Waals surface area contributed by atoms with Crippen LogP contribution >= 0.6 is 0 Å². The van der Waals surface area contributed by atoms with Crippen molar-refractivity contribution in [3.8, 4) is 0 Å². The van der Waals surface area contributed by atoms with Crippen molar-refractivity contribution in [2.75, 3.05) is 98.1 Å². The lowest BCUT2D eigenvalue weighted by molar-refractivity contribution is -0.126. The normalized spacial score (nSPS) is 16.4. The Morgan fingerprint density at radius 1 is 0.418 bits per heavy atom. The summed E-state index contributed by atoms with van der Waals surface area (Å²) in [6.07, 6.45) is 30.1. The van der Waals surface area contributed by atoms with Crippen molar-refractivity contribution in [2.45, 2.75) is 307 Å². The Bertz CT molecular complexity index is 4980. The van der Waals surface area contributed by atoms with Gasteiger partial charge in [0.2, 0.25) is 17.7 Å². The Labute approximate surface area is 845 Å². The molecule has 0 aliphatic carbocycles. The van der Waals surface area contributed by atoms with E-state index in [1.807, 2.05) is 113 Å². The van der Waals surface area contributed by atoms with Gasteiger partial charge >= 0.3 is 6.09 Å². The average Bonchev–Trinajstić information content (AvgIpc) is 0.969. The van der Waals surface area contributed by atoms with Crippen LogP contribution in [0.25, 0.3) is 0 Å². The number of aromatic nitrogens is 8. The van der Waals surface area contributed by atoms with Crippen LogP contribution < -0.4 is 69.1 Å². The first kappa shape index (κ1) is 117. The third kappa shape index (κ3) is 41.7. The van der Waals surface area contributed by atoms with Crippen molar-refractivity contribution in [2.24, 2.45) is 46.6 Å². The first-order chi connectivity index (χ1) is 67.3. The molecule has 4 amide bonds. The van der Waals surface area contributed by atoms with Crippen molar-refractivity contribution >= 4 is 52.9 Å². The summed E-state index contributed by atoms with van der Waals surface area (Å²) in [5, 5.41) is 15.1. The second-order valence-electron chi connectivity index (χ2n) is 41.3. The summed E-state index contributed by atoms with van der Waals surface area (Å²) in [7, 11) is 0. The third-order valence-electron chi connectivity index (χ3n) is 26.4. The molecule has 0 saturated carbocycles. The van der Waals surface area contributed by atoms with Gasteiger partial charge in [0.05, 0.1) is 6.04 Å². The maximum atomic E-state index is 12.1. The van der Waals surface area contributed by atoms with Gasteiger partial charge in [-0.2, -0.15) is 0 Å². The highest BCUT2D eigenvalue weighted by Gasteiger charge is 2.29. The minimum absolute atomic E-state index is 0.0188. The SMILES string of the molecule is CC(=O)c1ccc(C(C)C)cn1.CC(C)c1ccc(N2CCC(C(=O)NCCN)CC2)nc1.CC(C)c1ccc(N2CCC(N)CC2)nc1.CC(C)c1ccc(N2CCCC(N)C2)nc1.CC(C)c1ccc(N2CCCC(NC(=O)OCc3ccccc3)C2)nc1.CC(C)c1cncc(C2CCNC2)c1.CC(C)c1cncc(CNC(=O)[C@@H](C)C(C)C)c1.CC(C)c1cncc(CNC(=O)[C@@H](N)C(C)C)c1. The van der Waals surface area contributed by atoms with Crippen LogP contribution in [0.3, 0.4) is 0 Å². The van der Waals surface area contributed by atoms with E-state index in [1.165, 1.54) is 69.8 Å². The smallest absolute Gasteiger partial charge is 0.407 e. The zero-order valence-corrected chi connectivity index (χ0v) is 89.2. The molecule has 770 valence electrons. The zero-order valence-electron chi connectivity index (χ0n) is 89.2. The fourth-order valence-corrected chi connectivity index (χ4v) is 16.0. The molecule has 0 bridgehead atoms. The summed E-state index contributed by atoms with van der Waals surface area (Å²) < 4.78 is 5.33. The maximum absolute atomic E-state index is 12.1. The molecule has 3 unspecified atom stereocenters.